The maximum atomic E-state index is 13.0. The molecule has 8 heteroatoms. The van der Waals surface area contributed by atoms with Crippen LogP contribution in [0.5, 0.6) is 11.5 Å². The topological polar surface area (TPSA) is 73.6 Å². The maximum absolute atomic E-state index is 13.0. The van der Waals surface area contributed by atoms with Crippen molar-refractivity contribution in [2.24, 2.45) is 5.73 Å². The summed E-state index contributed by atoms with van der Waals surface area (Å²) in [6, 6.07) is 7.77. The van der Waals surface area contributed by atoms with Crippen molar-refractivity contribution in [3.8, 4) is 11.5 Å². The monoisotopic (exact) mass is 382 g/mol. The van der Waals surface area contributed by atoms with E-state index in [2.05, 4.69) is 5.32 Å². The number of anilines is 1. The van der Waals surface area contributed by atoms with Crippen molar-refractivity contribution < 1.29 is 27.4 Å². The second-order valence-corrected chi connectivity index (χ2v) is 6.11. The fourth-order valence-electron chi connectivity index (χ4n) is 2.41. The summed E-state index contributed by atoms with van der Waals surface area (Å²) in [5.41, 5.74) is 5.07. The summed E-state index contributed by atoms with van der Waals surface area (Å²) in [6.45, 7) is 3.62. The molecule has 0 unspecified atom stereocenters. The molecule has 0 aromatic heterocycles. The van der Waals surface area contributed by atoms with Gasteiger partial charge in [0.05, 0.1) is 18.8 Å². The van der Waals surface area contributed by atoms with Crippen molar-refractivity contribution in [1.82, 2.24) is 0 Å². The molecule has 0 spiro atoms. The van der Waals surface area contributed by atoms with E-state index in [0.29, 0.717) is 11.5 Å². The Bertz CT molecular complexity index is 820. The normalized spacial score (nSPS) is 11.4. The first-order valence-electron chi connectivity index (χ1n) is 8.21. The lowest BCUT2D eigenvalue weighted by atomic mass is 10.1. The Balaban J connectivity index is 2.29. The number of hydrogen-bond donors (Lipinski definition) is 2. The minimum Gasteiger partial charge on any atom is -0.493 e. The van der Waals surface area contributed by atoms with Gasteiger partial charge < -0.3 is 20.5 Å². The number of nitrogens with two attached hydrogens (primary N) is 1. The van der Waals surface area contributed by atoms with E-state index in [9.17, 15) is 18.0 Å². The van der Waals surface area contributed by atoms with Crippen LogP contribution in [0.25, 0.3) is 0 Å². The van der Waals surface area contributed by atoms with Crippen LogP contribution in [-0.2, 0) is 12.7 Å². The summed E-state index contributed by atoms with van der Waals surface area (Å²) >= 11 is 0. The molecule has 0 saturated carbocycles. The number of carbonyl (C=O) groups is 1. The lowest BCUT2D eigenvalue weighted by Crippen LogP contribution is -2.15. The predicted molar refractivity (Wildman–Crippen MR) is 96.0 cm³/mol. The Labute approximate surface area is 155 Å². The Hall–Kier alpha value is -2.74. The average Bonchev–Trinajstić information content (AvgIpc) is 2.60. The molecule has 0 aliphatic rings. The number of halogens is 3. The standard InChI is InChI=1S/C19H21F3N2O3/c1-11(2)27-16-5-4-13(8-17(16)26-3)18(25)24-15-7-12(10-23)6-14(9-15)19(20,21)22/h4-9,11H,10,23H2,1-3H3,(H,24,25). The zero-order chi connectivity index (χ0) is 20.2. The van der Waals surface area contributed by atoms with Gasteiger partial charge in [-0.2, -0.15) is 13.2 Å². The molecule has 0 aliphatic heterocycles. The van der Waals surface area contributed by atoms with Crippen LogP contribution in [0.1, 0.15) is 35.3 Å². The maximum Gasteiger partial charge on any atom is 0.416 e. The van der Waals surface area contributed by atoms with E-state index in [1.165, 1.54) is 25.3 Å². The van der Waals surface area contributed by atoms with Gasteiger partial charge in [0.1, 0.15) is 0 Å². The summed E-state index contributed by atoms with van der Waals surface area (Å²) < 4.78 is 49.8. The highest BCUT2D eigenvalue weighted by atomic mass is 19.4. The molecule has 0 aliphatic carbocycles. The first-order chi connectivity index (χ1) is 12.6. The Kier molecular flexibility index (Phi) is 6.32. The SMILES string of the molecule is COc1cc(C(=O)Nc2cc(CN)cc(C(F)(F)F)c2)ccc1OC(C)C. The second kappa shape index (κ2) is 8.30. The van der Waals surface area contributed by atoms with Crippen LogP contribution in [0.2, 0.25) is 0 Å². The minimum atomic E-state index is -4.54. The summed E-state index contributed by atoms with van der Waals surface area (Å²) in [4.78, 5) is 12.5. The van der Waals surface area contributed by atoms with Gasteiger partial charge in [0, 0.05) is 17.8 Å². The molecule has 1 amide bonds. The third-order valence-corrected chi connectivity index (χ3v) is 3.60. The van der Waals surface area contributed by atoms with Gasteiger partial charge in [-0.25, -0.2) is 0 Å². The molecule has 0 heterocycles. The van der Waals surface area contributed by atoms with Crippen molar-refractivity contribution in [3.05, 3.63) is 53.1 Å². The van der Waals surface area contributed by atoms with Crippen LogP contribution in [0, 0.1) is 0 Å². The number of amides is 1. The molecule has 0 fully saturated rings. The average molecular weight is 382 g/mol. The van der Waals surface area contributed by atoms with Gasteiger partial charge in [-0.3, -0.25) is 4.79 Å². The molecule has 2 aromatic rings. The molecular formula is C19H21F3N2O3. The highest BCUT2D eigenvalue weighted by Gasteiger charge is 2.31. The van der Waals surface area contributed by atoms with E-state index in [1.807, 2.05) is 13.8 Å². The Morgan fingerprint density at radius 3 is 2.41 bits per heavy atom. The van der Waals surface area contributed by atoms with E-state index in [0.717, 1.165) is 12.1 Å². The highest BCUT2D eigenvalue weighted by molar-refractivity contribution is 6.04. The zero-order valence-electron chi connectivity index (χ0n) is 15.2. The first-order valence-corrected chi connectivity index (χ1v) is 8.21. The van der Waals surface area contributed by atoms with Crippen molar-refractivity contribution in [2.45, 2.75) is 32.7 Å². The fourth-order valence-corrected chi connectivity index (χ4v) is 2.41. The Morgan fingerprint density at radius 2 is 1.85 bits per heavy atom. The minimum absolute atomic E-state index is 0.0109. The third-order valence-electron chi connectivity index (χ3n) is 3.60. The quantitative estimate of drug-likeness (QED) is 0.785. The van der Waals surface area contributed by atoms with Crippen LogP contribution in [0.4, 0.5) is 18.9 Å². The summed E-state index contributed by atoms with van der Waals surface area (Å²) in [7, 11) is 1.44. The van der Waals surface area contributed by atoms with E-state index >= 15 is 0 Å². The third kappa shape index (κ3) is 5.37. The molecule has 0 radical (unpaired) electrons. The van der Waals surface area contributed by atoms with Gasteiger partial charge in [0.25, 0.3) is 5.91 Å². The number of hydrogen-bond acceptors (Lipinski definition) is 4. The largest absolute Gasteiger partial charge is 0.493 e. The molecule has 27 heavy (non-hydrogen) atoms. The lowest BCUT2D eigenvalue weighted by Gasteiger charge is -2.15. The molecule has 0 atom stereocenters. The van der Waals surface area contributed by atoms with Crippen molar-refractivity contribution in [2.75, 3.05) is 12.4 Å². The fraction of sp³-hybridized carbons (Fsp3) is 0.316. The van der Waals surface area contributed by atoms with Crippen LogP contribution < -0.4 is 20.5 Å². The molecule has 3 N–H and O–H groups in total. The van der Waals surface area contributed by atoms with Crippen LogP contribution in [0.3, 0.4) is 0 Å². The van der Waals surface area contributed by atoms with Crippen LogP contribution in [0.15, 0.2) is 36.4 Å². The molecule has 2 rings (SSSR count). The van der Waals surface area contributed by atoms with Gasteiger partial charge in [0.15, 0.2) is 11.5 Å². The van der Waals surface area contributed by atoms with Crippen molar-refractivity contribution in [1.29, 1.82) is 0 Å². The number of methoxy groups -OCH3 is 1. The molecule has 0 saturated heterocycles. The number of benzene rings is 2. The molecule has 2 aromatic carbocycles. The predicted octanol–water partition coefficient (Wildman–Crippen LogP) is 4.21. The second-order valence-electron chi connectivity index (χ2n) is 6.11. The van der Waals surface area contributed by atoms with Gasteiger partial charge >= 0.3 is 6.18 Å². The van der Waals surface area contributed by atoms with E-state index < -0.39 is 17.6 Å². The van der Waals surface area contributed by atoms with Gasteiger partial charge in [0.2, 0.25) is 0 Å². The van der Waals surface area contributed by atoms with E-state index in [-0.39, 0.29) is 29.5 Å². The van der Waals surface area contributed by atoms with E-state index in [1.54, 1.807) is 6.07 Å². The summed E-state index contributed by atoms with van der Waals surface area (Å²) in [5.74, 6) is 0.239. The molecular weight excluding hydrogens is 361 g/mol. The molecule has 0 bridgehead atoms. The summed E-state index contributed by atoms with van der Waals surface area (Å²) in [6.07, 6.45) is -4.62. The van der Waals surface area contributed by atoms with Gasteiger partial charge in [-0.05, 0) is 55.8 Å². The zero-order valence-corrected chi connectivity index (χ0v) is 15.2. The number of alkyl halides is 3. The van der Waals surface area contributed by atoms with Gasteiger partial charge in [-0.15, -0.1) is 0 Å². The number of nitrogens with one attached hydrogen (secondary N) is 1. The molecule has 5 nitrogen and oxygen atoms in total. The first kappa shape index (κ1) is 20.6. The highest BCUT2D eigenvalue weighted by Crippen LogP contribution is 2.33. The van der Waals surface area contributed by atoms with Crippen LogP contribution in [-0.4, -0.2) is 19.1 Å². The van der Waals surface area contributed by atoms with Crippen molar-refractivity contribution in [3.63, 3.8) is 0 Å². The van der Waals surface area contributed by atoms with Gasteiger partial charge in [-0.1, -0.05) is 0 Å². The van der Waals surface area contributed by atoms with Crippen molar-refractivity contribution >= 4 is 11.6 Å². The van der Waals surface area contributed by atoms with E-state index in [4.69, 9.17) is 15.2 Å². The summed E-state index contributed by atoms with van der Waals surface area (Å²) in [5, 5.41) is 2.47. The molecule has 146 valence electrons. The smallest absolute Gasteiger partial charge is 0.416 e. The number of ether oxygens (including phenoxy) is 2. The van der Waals surface area contributed by atoms with Crippen LogP contribution >= 0.6 is 0 Å². The lowest BCUT2D eigenvalue weighted by molar-refractivity contribution is -0.137. The number of rotatable bonds is 6. The Morgan fingerprint density at radius 1 is 1.15 bits per heavy atom. The number of carbonyl (C=O) groups excluding carboxylic acids is 1.